The Bertz CT molecular complexity index is 1490. The van der Waals surface area contributed by atoms with Crippen LogP contribution in [0, 0.1) is 6.92 Å². The van der Waals surface area contributed by atoms with Gasteiger partial charge >= 0.3 is 0 Å². The van der Waals surface area contributed by atoms with Crippen LogP contribution < -0.4 is 9.47 Å². The number of aliphatic hydroxyl groups excluding tert-OH is 1. The summed E-state index contributed by atoms with van der Waals surface area (Å²) in [5.74, 6) is 0.00682. The number of benzene rings is 3. The standard InChI is InChI=1S/C31H27NO6/c1-20-16-23(36-2)13-14-26(20)29(33)27-28(32(31(35)30(27)34)18-25-12-7-15-37-25)22-10-6-11-24(17-22)38-19-21-8-4-3-5-9-21/h3-17,28,33H,18-19H2,1-2H3/b29-27+. The van der Waals surface area contributed by atoms with Gasteiger partial charge in [0.05, 0.1) is 31.5 Å². The van der Waals surface area contributed by atoms with Crippen molar-refractivity contribution >= 4 is 17.4 Å². The van der Waals surface area contributed by atoms with Crippen molar-refractivity contribution in [3.05, 3.63) is 125 Å². The molecule has 5 rings (SSSR count). The number of nitrogens with zero attached hydrogens (tertiary/aromatic N) is 1. The van der Waals surface area contributed by atoms with E-state index in [-0.39, 0.29) is 17.9 Å². The molecule has 38 heavy (non-hydrogen) atoms. The molecule has 2 heterocycles. The van der Waals surface area contributed by atoms with Crippen LogP contribution >= 0.6 is 0 Å². The first kappa shape index (κ1) is 24.9. The Morgan fingerprint density at radius 3 is 2.47 bits per heavy atom. The minimum Gasteiger partial charge on any atom is -0.507 e. The Hall–Kier alpha value is -4.78. The van der Waals surface area contributed by atoms with Gasteiger partial charge in [0.25, 0.3) is 11.7 Å². The fourth-order valence-corrected chi connectivity index (χ4v) is 4.65. The largest absolute Gasteiger partial charge is 0.507 e. The number of amides is 1. The van der Waals surface area contributed by atoms with E-state index in [0.29, 0.717) is 40.6 Å². The van der Waals surface area contributed by atoms with Crippen molar-refractivity contribution in [2.75, 3.05) is 7.11 Å². The van der Waals surface area contributed by atoms with E-state index in [1.54, 1.807) is 49.6 Å². The molecule has 192 valence electrons. The predicted octanol–water partition coefficient (Wildman–Crippen LogP) is 5.80. The van der Waals surface area contributed by atoms with Gasteiger partial charge in [0.2, 0.25) is 0 Å². The van der Waals surface area contributed by atoms with Crippen LogP contribution in [-0.4, -0.2) is 28.8 Å². The van der Waals surface area contributed by atoms with Gasteiger partial charge in [0, 0.05) is 5.56 Å². The Morgan fingerprint density at radius 2 is 1.76 bits per heavy atom. The van der Waals surface area contributed by atoms with Crippen molar-refractivity contribution in [2.45, 2.75) is 26.1 Å². The molecule has 0 saturated carbocycles. The monoisotopic (exact) mass is 509 g/mol. The molecular formula is C31H27NO6. The minimum absolute atomic E-state index is 0.00929. The molecule has 1 fully saturated rings. The smallest absolute Gasteiger partial charge is 0.296 e. The summed E-state index contributed by atoms with van der Waals surface area (Å²) in [5.41, 5.74) is 2.81. The number of methoxy groups -OCH3 is 1. The van der Waals surface area contributed by atoms with Gasteiger partial charge in [-0.25, -0.2) is 0 Å². The van der Waals surface area contributed by atoms with Crippen LogP contribution in [0.4, 0.5) is 0 Å². The highest BCUT2D eigenvalue weighted by Gasteiger charge is 2.46. The molecule has 1 unspecified atom stereocenters. The number of hydrogen-bond donors (Lipinski definition) is 1. The molecule has 0 aliphatic carbocycles. The van der Waals surface area contributed by atoms with Gasteiger partial charge in [0.15, 0.2) is 0 Å². The maximum absolute atomic E-state index is 13.4. The molecular weight excluding hydrogens is 482 g/mol. The average molecular weight is 510 g/mol. The first-order valence-corrected chi connectivity index (χ1v) is 12.2. The van der Waals surface area contributed by atoms with Crippen molar-refractivity contribution < 1.29 is 28.6 Å². The number of likely N-dealkylation sites (tertiary alicyclic amines) is 1. The van der Waals surface area contributed by atoms with Gasteiger partial charge < -0.3 is 23.9 Å². The van der Waals surface area contributed by atoms with Crippen LogP contribution in [0.25, 0.3) is 5.76 Å². The van der Waals surface area contributed by atoms with Gasteiger partial charge in [0.1, 0.15) is 29.6 Å². The number of ketones is 1. The third-order valence-electron chi connectivity index (χ3n) is 6.56. The van der Waals surface area contributed by atoms with Crippen LogP contribution in [0.1, 0.15) is 34.1 Å². The molecule has 3 aromatic carbocycles. The Labute approximate surface area is 220 Å². The van der Waals surface area contributed by atoms with E-state index in [2.05, 4.69) is 0 Å². The third kappa shape index (κ3) is 4.91. The van der Waals surface area contributed by atoms with Crippen molar-refractivity contribution in [3.8, 4) is 11.5 Å². The highest BCUT2D eigenvalue weighted by atomic mass is 16.5. The second-order valence-electron chi connectivity index (χ2n) is 9.03. The summed E-state index contributed by atoms with van der Waals surface area (Å²) in [6.07, 6.45) is 1.51. The fourth-order valence-electron chi connectivity index (χ4n) is 4.65. The fraction of sp³-hybridized carbons (Fsp3) is 0.161. The summed E-state index contributed by atoms with van der Waals surface area (Å²) >= 11 is 0. The van der Waals surface area contributed by atoms with Gasteiger partial charge in [-0.1, -0.05) is 42.5 Å². The average Bonchev–Trinajstić information content (AvgIpc) is 3.54. The number of hydrogen-bond acceptors (Lipinski definition) is 6. The van der Waals surface area contributed by atoms with E-state index in [1.165, 1.54) is 11.2 Å². The molecule has 1 saturated heterocycles. The van der Waals surface area contributed by atoms with Crippen LogP contribution in [0.2, 0.25) is 0 Å². The van der Waals surface area contributed by atoms with E-state index in [0.717, 1.165) is 5.56 Å². The lowest BCUT2D eigenvalue weighted by atomic mass is 9.93. The van der Waals surface area contributed by atoms with E-state index < -0.39 is 17.7 Å². The van der Waals surface area contributed by atoms with Gasteiger partial charge in [-0.05, 0) is 66.1 Å². The molecule has 0 bridgehead atoms. The predicted molar refractivity (Wildman–Crippen MR) is 142 cm³/mol. The van der Waals surface area contributed by atoms with E-state index in [4.69, 9.17) is 13.9 Å². The van der Waals surface area contributed by atoms with Crippen molar-refractivity contribution in [1.29, 1.82) is 0 Å². The molecule has 1 N–H and O–H groups in total. The van der Waals surface area contributed by atoms with Gasteiger partial charge in [-0.2, -0.15) is 0 Å². The molecule has 1 atom stereocenters. The molecule has 7 heteroatoms. The normalized spacial score (nSPS) is 16.6. The van der Waals surface area contributed by atoms with Crippen molar-refractivity contribution in [1.82, 2.24) is 4.90 Å². The molecule has 0 spiro atoms. The maximum atomic E-state index is 13.4. The van der Waals surface area contributed by atoms with Crippen LogP contribution in [-0.2, 0) is 22.7 Å². The lowest BCUT2D eigenvalue weighted by Gasteiger charge is -2.25. The summed E-state index contributed by atoms with van der Waals surface area (Å²) in [4.78, 5) is 28.1. The molecule has 1 aliphatic rings. The van der Waals surface area contributed by atoms with E-state index in [1.807, 2.05) is 49.4 Å². The number of furan rings is 1. The number of carbonyl (C=O) groups excluding carboxylic acids is 2. The zero-order valence-electron chi connectivity index (χ0n) is 21.1. The minimum atomic E-state index is -0.845. The number of Topliss-reactive ketones (excluding diaryl/α,β-unsaturated/α-hetero) is 1. The second-order valence-corrected chi connectivity index (χ2v) is 9.03. The highest BCUT2D eigenvalue weighted by Crippen LogP contribution is 2.41. The molecule has 1 aliphatic heterocycles. The number of rotatable bonds is 8. The van der Waals surface area contributed by atoms with Crippen molar-refractivity contribution in [2.24, 2.45) is 0 Å². The van der Waals surface area contributed by atoms with Gasteiger partial charge in [-0.3, -0.25) is 9.59 Å². The molecule has 7 nitrogen and oxygen atoms in total. The van der Waals surface area contributed by atoms with Crippen LogP contribution in [0.15, 0.2) is 101 Å². The first-order valence-electron chi connectivity index (χ1n) is 12.2. The number of carbonyl (C=O) groups is 2. The number of aryl methyl sites for hydroxylation is 1. The molecule has 0 radical (unpaired) electrons. The number of ether oxygens (including phenoxy) is 2. The molecule has 1 amide bonds. The topological polar surface area (TPSA) is 89.2 Å². The van der Waals surface area contributed by atoms with Crippen LogP contribution in [0.3, 0.4) is 0 Å². The lowest BCUT2D eigenvalue weighted by molar-refractivity contribution is -0.140. The second kappa shape index (κ2) is 10.7. The Balaban J connectivity index is 1.57. The lowest BCUT2D eigenvalue weighted by Crippen LogP contribution is -2.29. The third-order valence-corrected chi connectivity index (χ3v) is 6.56. The maximum Gasteiger partial charge on any atom is 0.296 e. The Kier molecular flexibility index (Phi) is 7.00. The summed E-state index contributed by atoms with van der Waals surface area (Å²) in [5, 5.41) is 11.4. The Morgan fingerprint density at radius 1 is 0.947 bits per heavy atom. The number of aliphatic hydroxyl groups is 1. The summed E-state index contributed by atoms with van der Waals surface area (Å²) in [6, 6.07) is 24.8. The summed E-state index contributed by atoms with van der Waals surface area (Å²) in [6.45, 7) is 2.24. The zero-order chi connectivity index (χ0) is 26.6. The van der Waals surface area contributed by atoms with Gasteiger partial charge in [-0.15, -0.1) is 0 Å². The molecule has 4 aromatic rings. The van der Waals surface area contributed by atoms with Crippen LogP contribution in [0.5, 0.6) is 11.5 Å². The summed E-state index contributed by atoms with van der Waals surface area (Å²) in [7, 11) is 1.56. The highest BCUT2D eigenvalue weighted by molar-refractivity contribution is 6.46. The first-order chi connectivity index (χ1) is 18.5. The zero-order valence-corrected chi connectivity index (χ0v) is 21.1. The quantitative estimate of drug-likeness (QED) is 0.184. The van der Waals surface area contributed by atoms with E-state index in [9.17, 15) is 14.7 Å². The molecule has 1 aromatic heterocycles. The summed E-state index contributed by atoms with van der Waals surface area (Å²) < 4.78 is 16.8. The SMILES string of the molecule is COc1ccc(/C(O)=C2\C(=O)C(=O)N(Cc3ccco3)C2c2cccc(OCc3ccccc3)c2)c(C)c1. The van der Waals surface area contributed by atoms with Crippen molar-refractivity contribution in [3.63, 3.8) is 0 Å². The van der Waals surface area contributed by atoms with E-state index >= 15 is 0 Å².